The number of likely N-dealkylation sites (N-methyl/N-ethyl adjacent to an activating group) is 1. The highest BCUT2D eigenvalue weighted by Gasteiger charge is 2.25. The van der Waals surface area contributed by atoms with E-state index in [2.05, 4.69) is 25.3 Å². The summed E-state index contributed by atoms with van der Waals surface area (Å²) in [6.45, 7) is 0.622. The molecule has 1 aromatic rings. The lowest BCUT2D eigenvalue weighted by molar-refractivity contribution is -0.128. The van der Waals surface area contributed by atoms with Crippen molar-refractivity contribution in [1.82, 2.24) is 20.6 Å². The van der Waals surface area contributed by atoms with Crippen molar-refractivity contribution in [2.45, 2.75) is 19.4 Å². The van der Waals surface area contributed by atoms with Crippen molar-refractivity contribution in [3.05, 3.63) is 17.5 Å². The molecule has 0 spiro atoms. The first-order valence-corrected chi connectivity index (χ1v) is 6.65. The Kier molecular flexibility index (Phi) is 6.96. The maximum atomic E-state index is 13.0. The second-order valence-corrected chi connectivity index (χ2v) is 4.42. The molecule has 0 saturated heterocycles. The van der Waals surface area contributed by atoms with Gasteiger partial charge in [-0.05, 0) is 0 Å². The molecule has 132 valence electrons. The Hall–Kier alpha value is -2.85. The van der Waals surface area contributed by atoms with Crippen molar-refractivity contribution >= 4 is 17.8 Å². The van der Waals surface area contributed by atoms with Gasteiger partial charge in [0.1, 0.15) is 23.9 Å². The average Bonchev–Trinajstić information content (AvgIpc) is 2.56. The normalized spacial score (nSPS) is 11.6. The third kappa shape index (κ3) is 5.11. The van der Waals surface area contributed by atoms with Crippen molar-refractivity contribution in [2.24, 2.45) is 0 Å². The van der Waals surface area contributed by atoms with E-state index in [0.717, 1.165) is 6.20 Å². The maximum Gasteiger partial charge on any atom is 0.341 e. The number of carbonyl (C=O) groups excluding carboxylic acids is 3. The van der Waals surface area contributed by atoms with Crippen LogP contribution >= 0.6 is 0 Å². The van der Waals surface area contributed by atoms with Crippen LogP contribution in [0, 0.1) is 0 Å². The number of nitrogens with one attached hydrogen (secondary N) is 2. The van der Waals surface area contributed by atoms with Crippen molar-refractivity contribution in [2.75, 3.05) is 20.8 Å². The highest BCUT2D eigenvalue weighted by atomic mass is 19.3. The summed E-state index contributed by atoms with van der Waals surface area (Å²) in [5.74, 6) is -2.30. The Balaban J connectivity index is 2.90. The number of alkyl halides is 2. The highest BCUT2D eigenvalue weighted by Crippen LogP contribution is 2.22. The van der Waals surface area contributed by atoms with Crippen LogP contribution in [0.2, 0.25) is 0 Å². The predicted octanol–water partition coefficient (Wildman–Crippen LogP) is -0.170. The number of esters is 1. The minimum atomic E-state index is -3.06. The summed E-state index contributed by atoms with van der Waals surface area (Å²) in [4.78, 5) is 41.5. The van der Waals surface area contributed by atoms with Gasteiger partial charge in [0.25, 0.3) is 6.43 Å². The minimum absolute atomic E-state index is 0.330. The molecule has 2 amide bonds. The van der Waals surface area contributed by atoms with Crippen LogP contribution in [-0.4, -0.2) is 54.6 Å². The number of hydrogen-bond donors (Lipinski definition) is 2. The fourth-order valence-corrected chi connectivity index (χ4v) is 1.64. The van der Waals surface area contributed by atoms with Crippen molar-refractivity contribution in [1.29, 1.82) is 0 Å². The third-order valence-electron chi connectivity index (χ3n) is 2.73. The molecule has 1 heterocycles. The molecular weight excluding hydrogens is 330 g/mol. The van der Waals surface area contributed by atoms with Crippen LogP contribution in [0.3, 0.4) is 0 Å². The molecule has 24 heavy (non-hydrogen) atoms. The first-order valence-electron chi connectivity index (χ1n) is 6.65. The van der Waals surface area contributed by atoms with Gasteiger partial charge in [0.15, 0.2) is 0 Å². The molecule has 1 atom stereocenters. The van der Waals surface area contributed by atoms with E-state index >= 15 is 0 Å². The van der Waals surface area contributed by atoms with Gasteiger partial charge in [0, 0.05) is 20.2 Å². The van der Waals surface area contributed by atoms with Crippen LogP contribution in [0.4, 0.5) is 8.78 Å². The quantitative estimate of drug-likeness (QED) is 0.658. The molecule has 0 fully saturated rings. The number of carbonyl (C=O) groups is 3. The first kappa shape index (κ1) is 19.2. The first-order chi connectivity index (χ1) is 11.3. The zero-order valence-corrected chi connectivity index (χ0v) is 13.1. The largest absolute Gasteiger partial charge is 0.467 e. The molecule has 0 aliphatic heterocycles. The summed E-state index contributed by atoms with van der Waals surface area (Å²) in [5, 5.41) is 4.54. The summed E-state index contributed by atoms with van der Waals surface area (Å²) < 4.78 is 35.4. The van der Waals surface area contributed by atoms with Gasteiger partial charge in [0.2, 0.25) is 11.8 Å². The minimum Gasteiger partial charge on any atom is -0.467 e. The van der Waals surface area contributed by atoms with Gasteiger partial charge in [0.05, 0.1) is 7.11 Å². The molecule has 0 radical (unpaired) electrons. The zero-order valence-electron chi connectivity index (χ0n) is 13.1. The monoisotopic (exact) mass is 346 g/mol. The van der Waals surface area contributed by atoms with Gasteiger partial charge >= 0.3 is 12.0 Å². The summed E-state index contributed by atoms with van der Waals surface area (Å²) in [7, 11) is 2.51. The molecule has 0 aromatic carbocycles. The van der Waals surface area contributed by atoms with E-state index in [4.69, 9.17) is 4.74 Å². The van der Waals surface area contributed by atoms with Gasteiger partial charge in [-0.15, -0.1) is 0 Å². The van der Waals surface area contributed by atoms with Crippen molar-refractivity contribution in [3.8, 4) is 6.01 Å². The van der Waals surface area contributed by atoms with Gasteiger partial charge in [-0.1, -0.05) is 0 Å². The topological polar surface area (TPSA) is 120 Å². The van der Waals surface area contributed by atoms with E-state index in [9.17, 15) is 23.2 Å². The summed E-state index contributed by atoms with van der Waals surface area (Å²) in [6, 6.07) is -1.49. The predicted molar refractivity (Wildman–Crippen MR) is 75.5 cm³/mol. The number of halogens is 2. The lowest BCUT2D eigenvalue weighted by Crippen LogP contribution is -2.48. The lowest BCUT2D eigenvalue weighted by Gasteiger charge is -2.16. The zero-order chi connectivity index (χ0) is 18.3. The number of rotatable bonds is 7. The Morgan fingerprint density at radius 3 is 2.50 bits per heavy atom. The number of nitrogens with zero attached hydrogens (tertiary/aromatic N) is 2. The summed E-state index contributed by atoms with van der Waals surface area (Å²) in [5.41, 5.74) is -1.42. The van der Waals surface area contributed by atoms with Crippen LogP contribution in [0.15, 0.2) is 6.20 Å². The van der Waals surface area contributed by atoms with Crippen molar-refractivity contribution < 1.29 is 32.6 Å². The molecule has 0 aliphatic carbocycles. The number of amides is 2. The van der Waals surface area contributed by atoms with Crippen LogP contribution in [0.5, 0.6) is 6.01 Å². The molecule has 0 unspecified atom stereocenters. The van der Waals surface area contributed by atoms with E-state index < -0.39 is 48.1 Å². The Bertz CT molecular complexity index is 626. The van der Waals surface area contributed by atoms with Crippen LogP contribution in [0.25, 0.3) is 0 Å². The van der Waals surface area contributed by atoms with Crippen LogP contribution < -0.4 is 15.4 Å². The lowest BCUT2D eigenvalue weighted by atomic mass is 10.2. The van der Waals surface area contributed by atoms with Crippen LogP contribution in [0.1, 0.15) is 29.4 Å². The molecule has 1 rings (SSSR count). The van der Waals surface area contributed by atoms with Gasteiger partial charge in [-0.2, -0.15) is 4.98 Å². The maximum absolute atomic E-state index is 13.0. The van der Waals surface area contributed by atoms with E-state index in [1.54, 1.807) is 0 Å². The molecule has 0 bridgehead atoms. The van der Waals surface area contributed by atoms with E-state index in [1.807, 2.05) is 0 Å². The molecular formula is C13H16F2N4O5. The SMILES string of the molecule is CNC(=O)[C@H](COC(=O)c1cnc(OC)nc1C(F)F)NC(C)=O. The average molecular weight is 346 g/mol. The molecule has 0 saturated carbocycles. The number of hydrogen-bond acceptors (Lipinski definition) is 7. The Morgan fingerprint density at radius 2 is 2.00 bits per heavy atom. The van der Waals surface area contributed by atoms with Gasteiger partial charge in [-0.3, -0.25) is 9.59 Å². The molecule has 0 aliphatic rings. The van der Waals surface area contributed by atoms with Crippen molar-refractivity contribution in [3.63, 3.8) is 0 Å². The third-order valence-corrected chi connectivity index (χ3v) is 2.73. The number of aromatic nitrogens is 2. The van der Waals surface area contributed by atoms with E-state index in [1.165, 1.54) is 21.1 Å². The molecule has 2 N–H and O–H groups in total. The standard InChI is InChI=1S/C13H16F2N4O5/c1-6(20)18-8(11(21)16-2)5-24-12(22)7-4-17-13(23-3)19-9(7)10(14)15/h4,8,10H,5H2,1-3H3,(H,16,21)(H,18,20)/t8-/m0/s1. The number of ether oxygens (including phenoxy) is 2. The smallest absolute Gasteiger partial charge is 0.341 e. The van der Waals surface area contributed by atoms with Crippen LogP contribution in [-0.2, 0) is 14.3 Å². The second-order valence-electron chi connectivity index (χ2n) is 4.42. The number of methoxy groups -OCH3 is 1. The molecule has 1 aromatic heterocycles. The summed E-state index contributed by atoms with van der Waals surface area (Å²) in [6.07, 6.45) is -2.22. The molecule has 9 nitrogen and oxygen atoms in total. The Labute approximate surface area is 135 Å². The summed E-state index contributed by atoms with van der Waals surface area (Å²) >= 11 is 0. The van der Waals surface area contributed by atoms with E-state index in [0.29, 0.717) is 0 Å². The molecule has 11 heteroatoms. The second kappa shape index (κ2) is 8.70. The van der Waals surface area contributed by atoms with Gasteiger partial charge in [-0.25, -0.2) is 18.6 Å². The van der Waals surface area contributed by atoms with E-state index in [-0.39, 0.29) is 6.01 Å². The van der Waals surface area contributed by atoms with Gasteiger partial charge < -0.3 is 20.1 Å². The fraction of sp³-hybridized carbons (Fsp3) is 0.462. The Morgan fingerprint density at radius 1 is 1.33 bits per heavy atom. The fourth-order valence-electron chi connectivity index (χ4n) is 1.64. The highest BCUT2D eigenvalue weighted by molar-refractivity contribution is 5.91.